The molecule has 0 spiro atoms. The highest BCUT2D eigenvalue weighted by Crippen LogP contribution is 2.56. The maximum atomic E-state index is 14.8. The van der Waals surface area contributed by atoms with Gasteiger partial charge in [0.1, 0.15) is 5.75 Å². The Balaban J connectivity index is 1.21. The SMILES string of the molecule is COc1ccc(C2CCCCC2)c2c1cc1n2CC2=C(C(=O)NS(=O)(=O)C3CC3)C2=C2C=CC[C@@H](C(=O)N3C4CCC3CN(C)C4)C21. The molecular weight excluding hydrogens is 612 g/mol. The van der Waals surface area contributed by atoms with Crippen molar-refractivity contribution in [1.82, 2.24) is 19.1 Å². The van der Waals surface area contributed by atoms with Crippen LogP contribution in [0, 0.1) is 5.92 Å². The zero-order valence-electron chi connectivity index (χ0n) is 27.3. The highest BCUT2D eigenvalue weighted by atomic mass is 32.2. The van der Waals surface area contributed by atoms with E-state index in [1.165, 1.54) is 24.8 Å². The Kier molecular flexibility index (Phi) is 6.85. The molecular formula is C37H44N4O5S. The molecule has 4 aliphatic carbocycles. The minimum Gasteiger partial charge on any atom is -0.496 e. The third kappa shape index (κ3) is 4.68. The number of benzene rings is 1. The largest absolute Gasteiger partial charge is 0.496 e. The number of nitrogens with zero attached hydrogens (tertiary/aromatic N) is 3. The van der Waals surface area contributed by atoms with Gasteiger partial charge in [-0.25, -0.2) is 13.1 Å². The fourth-order valence-electron chi connectivity index (χ4n) is 9.82. The summed E-state index contributed by atoms with van der Waals surface area (Å²) in [6.07, 6.45) is 14.1. The van der Waals surface area contributed by atoms with Crippen LogP contribution < -0.4 is 9.46 Å². The molecule has 2 saturated heterocycles. The Morgan fingerprint density at radius 2 is 1.72 bits per heavy atom. The number of aromatic nitrogens is 1. The summed E-state index contributed by atoms with van der Waals surface area (Å²) in [5, 5.41) is 0.574. The van der Waals surface area contributed by atoms with Crippen LogP contribution in [0.1, 0.15) is 87.3 Å². The molecule has 2 amide bonds. The van der Waals surface area contributed by atoms with Crippen molar-refractivity contribution < 1.29 is 22.7 Å². The van der Waals surface area contributed by atoms with E-state index in [-0.39, 0.29) is 29.8 Å². The van der Waals surface area contributed by atoms with Crippen molar-refractivity contribution in [2.45, 2.75) is 99.9 Å². The van der Waals surface area contributed by atoms with Crippen LogP contribution in [0.2, 0.25) is 0 Å². The van der Waals surface area contributed by atoms with E-state index in [9.17, 15) is 18.0 Å². The molecule has 4 atom stereocenters. The summed E-state index contributed by atoms with van der Waals surface area (Å²) >= 11 is 0. The molecule has 7 aliphatic rings. The molecule has 10 heteroatoms. The van der Waals surface area contributed by atoms with Crippen LogP contribution in [0.15, 0.2) is 52.6 Å². The molecule has 9 rings (SSSR count). The summed E-state index contributed by atoms with van der Waals surface area (Å²) in [5.41, 5.74) is 6.75. The third-order valence-electron chi connectivity index (χ3n) is 12.1. The van der Waals surface area contributed by atoms with E-state index in [0.717, 1.165) is 77.8 Å². The summed E-state index contributed by atoms with van der Waals surface area (Å²) in [7, 11) is 0.166. The molecule has 1 N–H and O–H groups in total. The van der Waals surface area contributed by atoms with Gasteiger partial charge >= 0.3 is 0 Å². The van der Waals surface area contributed by atoms with Crippen molar-refractivity contribution in [2.24, 2.45) is 5.92 Å². The molecule has 47 heavy (non-hydrogen) atoms. The quantitative estimate of drug-likeness (QED) is 0.476. The molecule has 1 aromatic carbocycles. The standard InChI is InChI=1S/C37H44N4O5S/c1-39-18-22-11-12-23(19-39)41(22)37(43)27-10-6-9-26-32(27)30-17-28-31(46-2)16-15-25(21-7-4-3-5-8-21)35(28)40(30)20-29-33(26)34(29)36(42)38-47(44,45)24-13-14-24/h6,9,15-17,21-24,27,32H,3-5,7-8,10-14,18-20H2,1-2H3,(H,38,42)/t22?,23?,27-,32?/m1/s1. The first kappa shape index (κ1) is 29.7. The van der Waals surface area contributed by atoms with E-state index in [2.05, 4.69) is 56.5 Å². The Bertz CT molecular complexity index is 1900. The molecule has 3 aliphatic heterocycles. The first-order chi connectivity index (χ1) is 22.7. The number of ether oxygens (including phenoxy) is 1. The second-order valence-corrected chi connectivity index (χ2v) is 17.0. The minimum absolute atomic E-state index is 0.209. The fourth-order valence-corrected chi connectivity index (χ4v) is 11.1. The molecule has 1 aromatic heterocycles. The summed E-state index contributed by atoms with van der Waals surface area (Å²) in [5.74, 6) is 0.380. The van der Waals surface area contributed by atoms with Crippen molar-refractivity contribution in [3.8, 4) is 5.75 Å². The van der Waals surface area contributed by atoms with Gasteiger partial charge in [-0.2, -0.15) is 0 Å². The molecule has 9 nitrogen and oxygen atoms in total. The van der Waals surface area contributed by atoms with Crippen LogP contribution in [0.25, 0.3) is 10.9 Å². The van der Waals surface area contributed by atoms with Gasteiger partial charge in [0.25, 0.3) is 5.91 Å². The van der Waals surface area contributed by atoms with Crippen LogP contribution in [-0.2, 0) is 26.2 Å². The Morgan fingerprint density at radius 3 is 2.43 bits per heavy atom. The number of fused-ring (bicyclic) bond motifs is 8. The normalized spacial score (nSPS) is 29.0. The van der Waals surface area contributed by atoms with E-state index in [1.807, 2.05) is 0 Å². The predicted octanol–water partition coefficient (Wildman–Crippen LogP) is 4.89. The summed E-state index contributed by atoms with van der Waals surface area (Å²) in [4.78, 5) is 33.1. The van der Waals surface area contributed by atoms with Crippen molar-refractivity contribution in [3.63, 3.8) is 0 Å². The van der Waals surface area contributed by atoms with Crippen LogP contribution >= 0.6 is 0 Å². The van der Waals surface area contributed by atoms with Crippen molar-refractivity contribution in [3.05, 3.63) is 63.9 Å². The van der Waals surface area contributed by atoms with E-state index < -0.39 is 21.2 Å². The van der Waals surface area contributed by atoms with Crippen LogP contribution in [0.3, 0.4) is 0 Å². The minimum atomic E-state index is -3.70. The zero-order chi connectivity index (χ0) is 32.2. The number of rotatable bonds is 6. The number of likely N-dealkylation sites (N-methyl/N-ethyl adjacent to an activating group) is 1. The number of nitrogens with one attached hydrogen (secondary N) is 1. The second kappa shape index (κ2) is 10.8. The number of hydrogen-bond donors (Lipinski definition) is 1. The number of likely N-dealkylation sites (tertiary alicyclic amines) is 1. The van der Waals surface area contributed by atoms with Crippen LogP contribution in [0.5, 0.6) is 5.75 Å². The average Bonchev–Trinajstić information content (AvgIpc) is 3.98. The van der Waals surface area contributed by atoms with Crippen molar-refractivity contribution >= 4 is 32.7 Å². The van der Waals surface area contributed by atoms with Gasteiger partial charge in [-0.1, -0.05) is 37.5 Å². The zero-order valence-corrected chi connectivity index (χ0v) is 28.2. The van der Waals surface area contributed by atoms with Gasteiger partial charge in [0.15, 0.2) is 0 Å². The third-order valence-corrected chi connectivity index (χ3v) is 14.0. The number of allylic oxidation sites excluding steroid dienone is 4. The van der Waals surface area contributed by atoms with Gasteiger partial charge in [-0.3, -0.25) is 9.59 Å². The van der Waals surface area contributed by atoms with Gasteiger partial charge in [-0.05, 0) is 92.3 Å². The van der Waals surface area contributed by atoms with Gasteiger partial charge < -0.3 is 19.1 Å². The fraction of sp³-hybridized carbons (Fsp3) is 0.568. The van der Waals surface area contributed by atoms with Gasteiger partial charge in [0, 0.05) is 48.7 Å². The predicted molar refractivity (Wildman–Crippen MR) is 180 cm³/mol. The number of methoxy groups -OCH3 is 1. The lowest BCUT2D eigenvalue weighted by molar-refractivity contribution is -0.141. The highest BCUT2D eigenvalue weighted by Gasteiger charge is 2.51. The molecule has 2 aromatic rings. The first-order valence-corrected chi connectivity index (χ1v) is 19.2. The monoisotopic (exact) mass is 656 g/mol. The lowest BCUT2D eigenvalue weighted by Crippen LogP contribution is -2.56. The topological polar surface area (TPSA) is 101 Å². The van der Waals surface area contributed by atoms with E-state index in [1.54, 1.807) is 7.11 Å². The summed E-state index contributed by atoms with van der Waals surface area (Å²) in [6, 6.07) is 7.04. The highest BCUT2D eigenvalue weighted by molar-refractivity contribution is 7.91. The maximum absolute atomic E-state index is 14.8. The van der Waals surface area contributed by atoms with Crippen LogP contribution in [0.4, 0.5) is 0 Å². The number of hydrogen-bond acceptors (Lipinski definition) is 6. The lowest BCUT2D eigenvalue weighted by Gasteiger charge is -2.43. The van der Waals surface area contributed by atoms with Gasteiger partial charge in [0.2, 0.25) is 15.9 Å². The van der Waals surface area contributed by atoms with E-state index in [0.29, 0.717) is 37.3 Å². The van der Waals surface area contributed by atoms with Crippen molar-refractivity contribution in [2.75, 3.05) is 27.2 Å². The molecule has 2 bridgehead atoms. The molecule has 4 heterocycles. The average molecular weight is 657 g/mol. The Morgan fingerprint density at radius 1 is 0.979 bits per heavy atom. The van der Waals surface area contributed by atoms with E-state index in [4.69, 9.17) is 4.74 Å². The lowest BCUT2D eigenvalue weighted by atomic mass is 9.75. The number of amides is 2. The number of sulfonamides is 1. The number of piperazine rings is 1. The first-order valence-electron chi connectivity index (χ1n) is 17.7. The Labute approximate surface area is 276 Å². The molecule has 4 fully saturated rings. The second-order valence-electron chi connectivity index (χ2n) is 15.0. The molecule has 248 valence electrons. The Hall–Kier alpha value is -3.37. The molecule has 2 saturated carbocycles. The number of carbonyl (C=O) groups excluding carboxylic acids is 2. The number of carbonyl (C=O) groups is 2. The van der Waals surface area contributed by atoms with E-state index >= 15 is 0 Å². The maximum Gasteiger partial charge on any atom is 0.265 e. The van der Waals surface area contributed by atoms with Crippen LogP contribution in [-0.4, -0.2) is 79.2 Å². The smallest absolute Gasteiger partial charge is 0.265 e. The molecule has 0 radical (unpaired) electrons. The molecule has 3 unspecified atom stereocenters. The van der Waals surface area contributed by atoms with Gasteiger partial charge in [0.05, 0.1) is 29.4 Å². The summed E-state index contributed by atoms with van der Waals surface area (Å²) < 4.78 is 36.4. The van der Waals surface area contributed by atoms with Gasteiger partial charge in [-0.15, -0.1) is 0 Å². The van der Waals surface area contributed by atoms with Crippen molar-refractivity contribution in [1.29, 1.82) is 0 Å². The summed E-state index contributed by atoms with van der Waals surface area (Å²) in [6.45, 7) is 2.27.